The van der Waals surface area contributed by atoms with Gasteiger partial charge in [0.15, 0.2) is 11.5 Å². The Morgan fingerprint density at radius 3 is 2.73 bits per heavy atom. The molecule has 1 atom stereocenters. The molecule has 0 spiro atoms. The van der Waals surface area contributed by atoms with Crippen molar-refractivity contribution in [2.24, 2.45) is 0 Å². The van der Waals surface area contributed by atoms with E-state index in [1.807, 2.05) is 30.3 Å². The maximum absolute atomic E-state index is 9.52. The molecule has 0 saturated carbocycles. The second kappa shape index (κ2) is 7.06. The number of halogens is 1. The van der Waals surface area contributed by atoms with Gasteiger partial charge in [-0.05, 0) is 12.0 Å². The zero-order valence-electron chi connectivity index (χ0n) is 11.7. The van der Waals surface area contributed by atoms with E-state index in [2.05, 4.69) is 25.3 Å². The van der Waals surface area contributed by atoms with Crippen LogP contribution < -0.4 is 11.1 Å². The maximum Gasteiger partial charge on any atom is 0.227 e. The van der Waals surface area contributed by atoms with Gasteiger partial charge in [-0.1, -0.05) is 30.3 Å². The molecule has 0 bridgehead atoms. The molecule has 8 heteroatoms. The van der Waals surface area contributed by atoms with Crippen molar-refractivity contribution in [1.82, 2.24) is 19.9 Å². The van der Waals surface area contributed by atoms with Crippen molar-refractivity contribution in [2.75, 3.05) is 17.7 Å². The Hall–Kier alpha value is -2.38. The van der Waals surface area contributed by atoms with Crippen molar-refractivity contribution in [3.8, 4) is 0 Å². The first-order valence-corrected chi connectivity index (χ1v) is 6.64. The van der Waals surface area contributed by atoms with Crippen molar-refractivity contribution in [3.63, 3.8) is 0 Å². The topological polar surface area (TPSA) is 113 Å². The predicted octanol–water partition coefficient (Wildman–Crippen LogP) is 1.37. The summed E-state index contributed by atoms with van der Waals surface area (Å²) in [6.07, 6.45) is 2.19. The molecule has 0 radical (unpaired) electrons. The van der Waals surface area contributed by atoms with Crippen LogP contribution in [0.4, 0.5) is 11.8 Å². The molecule has 0 aliphatic rings. The molecule has 116 valence electrons. The Morgan fingerprint density at radius 2 is 2.00 bits per heavy atom. The minimum absolute atomic E-state index is 0. The van der Waals surface area contributed by atoms with Gasteiger partial charge in [-0.25, -0.2) is 4.98 Å². The number of hydrogen-bond acceptors (Lipinski definition) is 6. The number of aromatic nitrogens is 4. The van der Waals surface area contributed by atoms with Crippen LogP contribution in [0.1, 0.15) is 5.56 Å². The number of imidazole rings is 1. The first kappa shape index (κ1) is 16.0. The van der Waals surface area contributed by atoms with Gasteiger partial charge < -0.3 is 21.1 Å². The molecule has 3 aromatic rings. The summed E-state index contributed by atoms with van der Waals surface area (Å²) in [6.45, 7) is -0.0310. The molecule has 0 saturated heterocycles. The number of benzene rings is 1. The van der Waals surface area contributed by atoms with E-state index in [4.69, 9.17) is 5.73 Å². The van der Waals surface area contributed by atoms with Gasteiger partial charge in [0.2, 0.25) is 5.95 Å². The lowest BCUT2D eigenvalue weighted by Gasteiger charge is -2.16. The summed E-state index contributed by atoms with van der Waals surface area (Å²) in [4.78, 5) is 15.4. The highest BCUT2D eigenvalue weighted by Crippen LogP contribution is 2.16. The number of hydrogen-bond donors (Lipinski definition) is 4. The molecular formula is C14H17ClN6O. The molecule has 3 rings (SSSR count). The summed E-state index contributed by atoms with van der Waals surface area (Å²) in [5.74, 6) is 0.693. The highest BCUT2D eigenvalue weighted by molar-refractivity contribution is 5.85. The number of nitrogens with one attached hydrogen (secondary N) is 2. The number of nitrogen functional groups attached to an aromatic ring is 1. The number of fused-ring (bicyclic) bond motifs is 1. The van der Waals surface area contributed by atoms with Gasteiger partial charge >= 0.3 is 0 Å². The predicted molar refractivity (Wildman–Crippen MR) is 88.0 cm³/mol. The van der Waals surface area contributed by atoms with Crippen LogP contribution in [0.5, 0.6) is 0 Å². The molecule has 1 aromatic carbocycles. The standard InChI is InChI=1S/C14H16N6O.ClH/c15-12-11-13(17-8-16-11)20-14(19-12)18-10(7-21)6-9-4-2-1-3-5-9;/h1-5,8,10,21H,6-7H2,(H4,15,16,17,18,19,20);1H/t10-;/m0./s1. The zero-order valence-corrected chi connectivity index (χ0v) is 12.5. The minimum Gasteiger partial charge on any atom is -0.394 e. The first-order valence-electron chi connectivity index (χ1n) is 6.64. The van der Waals surface area contributed by atoms with E-state index in [0.29, 0.717) is 29.4 Å². The molecule has 22 heavy (non-hydrogen) atoms. The van der Waals surface area contributed by atoms with Crippen LogP contribution in [0.25, 0.3) is 11.2 Å². The number of nitrogens with two attached hydrogens (primary N) is 1. The van der Waals surface area contributed by atoms with Crippen LogP contribution in [0.2, 0.25) is 0 Å². The summed E-state index contributed by atoms with van der Waals surface area (Å²) in [5, 5.41) is 12.6. The summed E-state index contributed by atoms with van der Waals surface area (Å²) in [5.41, 5.74) is 8.09. The lowest BCUT2D eigenvalue weighted by Crippen LogP contribution is -2.27. The lowest BCUT2D eigenvalue weighted by molar-refractivity contribution is 0.273. The number of anilines is 2. The second-order valence-corrected chi connectivity index (χ2v) is 4.75. The molecule has 0 fully saturated rings. The van der Waals surface area contributed by atoms with Crippen molar-refractivity contribution in [2.45, 2.75) is 12.5 Å². The lowest BCUT2D eigenvalue weighted by atomic mass is 10.1. The van der Waals surface area contributed by atoms with E-state index in [9.17, 15) is 5.11 Å². The fraction of sp³-hybridized carbons (Fsp3) is 0.214. The Bertz CT molecular complexity index is 733. The molecule has 2 aromatic heterocycles. The highest BCUT2D eigenvalue weighted by atomic mass is 35.5. The van der Waals surface area contributed by atoms with E-state index in [1.165, 1.54) is 6.33 Å². The molecule has 0 unspecified atom stereocenters. The summed E-state index contributed by atoms with van der Waals surface area (Å²) >= 11 is 0. The molecule has 0 aliphatic heterocycles. The quantitative estimate of drug-likeness (QED) is 0.565. The van der Waals surface area contributed by atoms with Crippen molar-refractivity contribution >= 4 is 35.3 Å². The van der Waals surface area contributed by atoms with Gasteiger partial charge in [0.1, 0.15) is 5.52 Å². The molecule has 5 N–H and O–H groups in total. The third-order valence-electron chi connectivity index (χ3n) is 3.19. The van der Waals surface area contributed by atoms with Gasteiger partial charge in [-0.2, -0.15) is 9.97 Å². The fourth-order valence-corrected chi connectivity index (χ4v) is 2.16. The molecule has 0 amide bonds. The van der Waals surface area contributed by atoms with Gasteiger partial charge in [-0.15, -0.1) is 12.4 Å². The van der Waals surface area contributed by atoms with Gasteiger partial charge in [0.05, 0.1) is 19.0 Å². The second-order valence-electron chi connectivity index (χ2n) is 4.75. The third-order valence-corrected chi connectivity index (χ3v) is 3.19. The maximum atomic E-state index is 9.52. The first-order chi connectivity index (χ1) is 10.3. The number of rotatable bonds is 5. The average molecular weight is 321 g/mol. The highest BCUT2D eigenvalue weighted by Gasteiger charge is 2.12. The molecular weight excluding hydrogens is 304 g/mol. The van der Waals surface area contributed by atoms with Crippen LogP contribution in [-0.2, 0) is 6.42 Å². The van der Waals surface area contributed by atoms with Crippen LogP contribution >= 0.6 is 12.4 Å². The van der Waals surface area contributed by atoms with Gasteiger partial charge in [0, 0.05) is 0 Å². The number of H-pyrrole nitrogens is 1. The number of aromatic amines is 1. The molecule has 2 heterocycles. The number of aliphatic hydroxyl groups is 1. The summed E-state index contributed by atoms with van der Waals surface area (Å²) < 4.78 is 0. The largest absolute Gasteiger partial charge is 0.394 e. The monoisotopic (exact) mass is 320 g/mol. The van der Waals surface area contributed by atoms with Crippen LogP contribution in [-0.4, -0.2) is 37.7 Å². The van der Waals surface area contributed by atoms with Crippen molar-refractivity contribution in [1.29, 1.82) is 0 Å². The minimum atomic E-state index is -0.191. The van der Waals surface area contributed by atoms with E-state index >= 15 is 0 Å². The third kappa shape index (κ3) is 3.44. The normalized spacial score (nSPS) is 11.9. The smallest absolute Gasteiger partial charge is 0.227 e. The Labute approximate surface area is 133 Å². The summed E-state index contributed by atoms with van der Waals surface area (Å²) in [7, 11) is 0. The fourth-order valence-electron chi connectivity index (χ4n) is 2.16. The average Bonchev–Trinajstić information content (AvgIpc) is 2.96. The Balaban J connectivity index is 0.00000176. The van der Waals surface area contributed by atoms with Crippen LogP contribution in [0.3, 0.4) is 0 Å². The Kier molecular flexibility index (Phi) is 5.13. The van der Waals surface area contributed by atoms with Crippen LogP contribution in [0, 0.1) is 0 Å². The molecule has 7 nitrogen and oxygen atoms in total. The Morgan fingerprint density at radius 1 is 1.23 bits per heavy atom. The zero-order chi connectivity index (χ0) is 14.7. The number of aliphatic hydroxyl groups excluding tert-OH is 1. The summed E-state index contributed by atoms with van der Waals surface area (Å²) in [6, 6.07) is 9.72. The SMILES string of the molecule is Cl.Nc1nc(N[C@H](CO)Cc2ccccc2)nc2nc[nH]c12. The van der Waals surface area contributed by atoms with Gasteiger partial charge in [0.25, 0.3) is 0 Å². The van der Waals surface area contributed by atoms with E-state index < -0.39 is 0 Å². The van der Waals surface area contributed by atoms with E-state index in [-0.39, 0.29) is 25.1 Å². The van der Waals surface area contributed by atoms with Crippen LogP contribution in [0.15, 0.2) is 36.7 Å². The number of nitrogens with zero attached hydrogens (tertiary/aromatic N) is 3. The van der Waals surface area contributed by atoms with Gasteiger partial charge in [-0.3, -0.25) is 0 Å². The molecule has 0 aliphatic carbocycles. The van der Waals surface area contributed by atoms with E-state index in [1.54, 1.807) is 0 Å². The van der Waals surface area contributed by atoms with Crippen molar-refractivity contribution < 1.29 is 5.11 Å². The van der Waals surface area contributed by atoms with E-state index in [0.717, 1.165) is 5.56 Å². The van der Waals surface area contributed by atoms with Crippen molar-refractivity contribution in [3.05, 3.63) is 42.2 Å².